The fourth-order valence-corrected chi connectivity index (χ4v) is 3.91. The Hall–Kier alpha value is -0.590. The van der Waals surface area contributed by atoms with Gasteiger partial charge < -0.3 is 4.74 Å². The van der Waals surface area contributed by atoms with Gasteiger partial charge in [-0.2, -0.15) is 0 Å². The largest absolute Gasteiger partial charge is 0.377 e. The molecule has 1 aromatic carbocycles. The van der Waals surface area contributed by atoms with E-state index in [1.807, 2.05) is 18.2 Å². The molecule has 1 atom stereocenters. The number of alkyl halides is 1. The first-order valence-electron chi connectivity index (χ1n) is 6.86. The molecule has 1 aromatic rings. The third-order valence-corrected chi connectivity index (χ3v) is 5.15. The summed E-state index contributed by atoms with van der Waals surface area (Å²) in [6.45, 7) is 0.669. The lowest BCUT2D eigenvalue weighted by Gasteiger charge is -2.12. The number of hydrogen-bond acceptors (Lipinski definition) is 3. The standard InChI is InChI=1S/C14H20BrNO3S/c15-8-2-5-12-4-1-6-13(10-12)16-20(17,18)11-14-7-3-9-19-14/h1,4,6,10,14,16H,2-3,5,7-9,11H2. The van der Waals surface area contributed by atoms with Crippen LogP contribution in [0.25, 0.3) is 0 Å². The third-order valence-electron chi connectivity index (χ3n) is 3.23. The van der Waals surface area contributed by atoms with E-state index in [1.54, 1.807) is 6.07 Å². The van der Waals surface area contributed by atoms with Crippen molar-refractivity contribution >= 4 is 31.6 Å². The zero-order valence-corrected chi connectivity index (χ0v) is 13.7. The van der Waals surface area contributed by atoms with Crippen LogP contribution in [0.5, 0.6) is 0 Å². The van der Waals surface area contributed by atoms with Crippen molar-refractivity contribution in [1.29, 1.82) is 0 Å². The van der Waals surface area contributed by atoms with Crippen LogP contribution in [0.3, 0.4) is 0 Å². The maximum Gasteiger partial charge on any atom is 0.235 e. The molecule has 2 rings (SSSR count). The molecule has 0 amide bonds. The summed E-state index contributed by atoms with van der Waals surface area (Å²) in [5.74, 6) is 0.0403. The van der Waals surface area contributed by atoms with Crippen LogP contribution < -0.4 is 4.72 Å². The number of hydrogen-bond donors (Lipinski definition) is 1. The Kier molecular flexibility index (Phi) is 5.86. The van der Waals surface area contributed by atoms with Crippen LogP contribution in [0.15, 0.2) is 24.3 Å². The molecule has 0 bridgehead atoms. The van der Waals surface area contributed by atoms with Crippen LogP contribution >= 0.6 is 15.9 Å². The van der Waals surface area contributed by atoms with Crippen LogP contribution in [0.1, 0.15) is 24.8 Å². The highest BCUT2D eigenvalue weighted by molar-refractivity contribution is 9.09. The number of anilines is 1. The molecule has 1 unspecified atom stereocenters. The maximum atomic E-state index is 12.1. The summed E-state index contributed by atoms with van der Waals surface area (Å²) < 4.78 is 32.2. The average Bonchev–Trinajstić information content (AvgIpc) is 2.88. The van der Waals surface area contributed by atoms with E-state index in [4.69, 9.17) is 4.74 Å². The van der Waals surface area contributed by atoms with Crippen LogP contribution in [0.4, 0.5) is 5.69 Å². The minimum Gasteiger partial charge on any atom is -0.377 e. The van der Waals surface area contributed by atoms with Crippen LogP contribution in [-0.2, 0) is 21.2 Å². The number of halogens is 1. The number of aryl methyl sites for hydroxylation is 1. The van der Waals surface area contributed by atoms with Gasteiger partial charge in [0.25, 0.3) is 0 Å². The van der Waals surface area contributed by atoms with Gasteiger partial charge in [0.15, 0.2) is 0 Å². The fourth-order valence-electron chi connectivity index (χ4n) is 2.30. The number of rotatable bonds is 7. The lowest BCUT2D eigenvalue weighted by atomic mass is 10.1. The minimum absolute atomic E-state index is 0.0403. The van der Waals surface area contributed by atoms with Crippen LogP contribution in [0, 0.1) is 0 Å². The molecule has 1 aliphatic heterocycles. The average molecular weight is 362 g/mol. The lowest BCUT2D eigenvalue weighted by molar-refractivity contribution is 0.127. The summed E-state index contributed by atoms with van der Waals surface area (Å²) in [7, 11) is -3.34. The zero-order chi connectivity index (χ0) is 14.4. The van der Waals surface area contributed by atoms with Crippen molar-refractivity contribution in [3.63, 3.8) is 0 Å². The summed E-state index contributed by atoms with van der Waals surface area (Å²) in [5.41, 5.74) is 1.77. The van der Waals surface area contributed by atoms with Gasteiger partial charge in [0, 0.05) is 17.6 Å². The Balaban J connectivity index is 1.97. The molecule has 4 nitrogen and oxygen atoms in total. The second-order valence-corrected chi connectivity index (χ2v) is 7.57. The maximum absolute atomic E-state index is 12.1. The highest BCUT2D eigenvalue weighted by Gasteiger charge is 2.23. The van der Waals surface area contributed by atoms with Crippen molar-refractivity contribution in [3.8, 4) is 0 Å². The monoisotopic (exact) mass is 361 g/mol. The van der Waals surface area contributed by atoms with E-state index in [-0.39, 0.29) is 11.9 Å². The predicted molar refractivity (Wildman–Crippen MR) is 84.9 cm³/mol. The van der Waals surface area contributed by atoms with Crippen molar-refractivity contribution in [2.75, 3.05) is 22.4 Å². The Labute approximate surface area is 129 Å². The second-order valence-electron chi connectivity index (χ2n) is 5.01. The van der Waals surface area contributed by atoms with E-state index in [2.05, 4.69) is 20.7 Å². The van der Waals surface area contributed by atoms with Gasteiger partial charge >= 0.3 is 0 Å². The summed E-state index contributed by atoms with van der Waals surface area (Å²) in [6.07, 6.45) is 3.58. The van der Waals surface area contributed by atoms with E-state index in [9.17, 15) is 8.42 Å². The van der Waals surface area contributed by atoms with Gasteiger partial charge in [-0.3, -0.25) is 4.72 Å². The number of nitrogens with one attached hydrogen (secondary N) is 1. The van der Waals surface area contributed by atoms with Crippen molar-refractivity contribution in [2.24, 2.45) is 0 Å². The minimum atomic E-state index is -3.34. The van der Waals surface area contributed by atoms with Gasteiger partial charge in [0.2, 0.25) is 10.0 Å². The van der Waals surface area contributed by atoms with Gasteiger partial charge in [-0.05, 0) is 43.4 Å². The van der Waals surface area contributed by atoms with Crippen LogP contribution in [-0.4, -0.2) is 32.2 Å². The fraction of sp³-hybridized carbons (Fsp3) is 0.571. The second kappa shape index (κ2) is 7.43. The normalized spacial score (nSPS) is 19.1. The van der Waals surface area contributed by atoms with Crippen molar-refractivity contribution in [3.05, 3.63) is 29.8 Å². The quantitative estimate of drug-likeness (QED) is 0.759. The topological polar surface area (TPSA) is 55.4 Å². The molecule has 0 aromatic heterocycles. The van der Waals surface area contributed by atoms with E-state index < -0.39 is 10.0 Å². The first-order valence-corrected chi connectivity index (χ1v) is 9.63. The van der Waals surface area contributed by atoms with E-state index in [0.717, 1.165) is 36.6 Å². The Morgan fingerprint density at radius 1 is 1.40 bits per heavy atom. The lowest BCUT2D eigenvalue weighted by Crippen LogP contribution is -2.25. The van der Waals surface area contributed by atoms with Gasteiger partial charge in [-0.25, -0.2) is 8.42 Å². The SMILES string of the molecule is O=S(=O)(CC1CCCO1)Nc1cccc(CCCBr)c1. The molecule has 1 fully saturated rings. The number of sulfonamides is 1. The van der Waals surface area contributed by atoms with Crippen molar-refractivity contribution in [2.45, 2.75) is 31.8 Å². The van der Waals surface area contributed by atoms with E-state index in [1.165, 1.54) is 0 Å². The smallest absolute Gasteiger partial charge is 0.235 e. The van der Waals surface area contributed by atoms with Gasteiger partial charge in [-0.1, -0.05) is 28.1 Å². The molecule has 20 heavy (non-hydrogen) atoms. The molecular formula is C14H20BrNO3S. The molecule has 0 aliphatic carbocycles. The molecular weight excluding hydrogens is 342 g/mol. The Morgan fingerprint density at radius 3 is 2.95 bits per heavy atom. The highest BCUT2D eigenvalue weighted by Crippen LogP contribution is 2.18. The molecule has 112 valence electrons. The Bertz CT molecular complexity index is 527. The summed E-state index contributed by atoms with van der Waals surface area (Å²) in [4.78, 5) is 0. The molecule has 0 spiro atoms. The van der Waals surface area contributed by atoms with Gasteiger partial charge in [-0.15, -0.1) is 0 Å². The van der Waals surface area contributed by atoms with E-state index >= 15 is 0 Å². The molecule has 1 N–H and O–H groups in total. The van der Waals surface area contributed by atoms with Crippen LogP contribution in [0.2, 0.25) is 0 Å². The third kappa shape index (κ3) is 5.07. The van der Waals surface area contributed by atoms with E-state index in [0.29, 0.717) is 12.3 Å². The highest BCUT2D eigenvalue weighted by atomic mass is 79.9. The number of ether oxygens (including phenoxy) is 1. The number of benzene rings is 1. The summed E-state index contributed by atoms with van der Waals surface area (Å²) in [6, 6.07) is 7.58. The summed E-state index contributed by atoms with van der Waals surface area (Å²) in [5, 5.41) is 0.946. The molecule has 0 radical (unpaired) electrons. The zero-order valence-electron chi connectivity index (χ0n) is 11.3. The predicted octanol–water partition coefficient (Wildman–Crippen LogP) is 2.93. The van der Waals surface area contributed by atoms with Crippen molar-refractivity contribution in [1.82, 2.24) is 0 Å². The molecule has 1 saturated heterocycles. The molecule has 0 saturated carbocycles. The molecule has 1 heterocycles. The first-order chi connectivity index (χ1) is 9.59. The molecule has 1 aliphatic rings. The van der Waals surface area contributed by atoms with Gasteiger partial charge in [0.05, 0.1) is 11.9 Å². The summed E-state index contributed by atoms with van der Waals surface area (Å²) >= 11 is 3.40. The molecule has 6 heteroatoms. The van der Waals surface area contributed by atoms with Crippen molar-refractivity contribution < 1.29 is 13.2 Å². The Morgan fingerprint density at radius 2 is 2.25 bits per heavy atom. The van der Waals surface area contributed by atoms with Gasteiger partial charge in [0.1, 0.15) is 0 Å². The first kappa shape index (κ1) is 15.8.